The van der Waals surface area contributed by atoms with Crippen molar-refractivity contribution in [1.82, 2.24) is 21.2 Å². The molecular weight excluding hydrogens is 397 g/mol. The van der Waals surface area contributed by atoms with E-state index in [1.807, 2.05) is 18.2 Å². The van der Waals surface area contributed by atoms with Gasteiger partial charge < -0.3 is 10.1 Å². The zero-order valence-corrected chi connectivity index (χ0v) is 15.3. The number of carbonyl (C=O) groups excluding carboxylic acids is 1. The Balaban J connectivity index is 1.55. The lowest BCUT2D eigenvalue weighted by Crippen LogP contribution is -2.42. The largest absolute Gasteiger partial charge is 0.468 e. The summed E-state index contributed by atoms with van der Waals surface area (Å²) in [7, 11) is 0. The predicted molar refractivity (Wildman–Crippen MR) is 96.5 cm³/mol. The van der Waals surface area contributed by atoms with Crippen molar-refractivity contribution in [3.05, 3.63) is 58.7 Å². The van der Waals surface area contributed by atoms with Crippen LogP contribution in [0.3, 0.4) is 0 Å². The maximum Gasteiger partial charge on any atom is 0.422 e. The third-order valence-electron chi connectivity index (χ3n) is 4.15. The zero-order valence-electron chi connectivity index (χ0n) is 14.6. The molecule has 1 aliphatic rings. The molecule has 0 radical (unpaired) electrons. The van der Waals surface area contributed by atoms with E-state index in [2.05, 4.69) is 21.2 Å². The fraction of sp³-hybridized carbons (Fsp3) is 0.333. The molecule has 10 heteroatoms. The number of alkyl halides is 3. The number of benzene rings is 1. The number of hydrogen-bond donors (Lipinski definition) is 3. The maximum absolute atomic E-state index is 12.4. The van der Waals surface area contributed by atoms with Gasteiger partial charge in [-0.2, -0.15) is 13.2 Å². The number of ether oxygens (including phenoxy) is 1. The number of carbonyl (C=O) groups is 1. The third kappa shape index (κ3) is 5.57. The van der Waals surface area contributed by atoms with Crippen molar-refractivity contribution < 1.29 is 22.7 Å². The Hall–Kier alpha value is -2.36. The molecule has 3 N–H and O–H groups in total. The minimum Gasteiger partial charge on any atom is -0.468 e. The van der Waals surface area contributed by atoms with Gasteiger partial charge in [-0.15, -0.1) is 0 Å². The average Bonchev–Trinajstić information content (AvgIpc) is 3.15. The predicted octanol–water partition coefficient (Wildman–Crippen LogP) is 2.90. The van der Waals surface area contributed by atoms with E-state index in [-0.39, 0.29) is 24.4 Å². The van der Waals surface area contributed by atoms with Gasteiger partial charge in [0.05, 0.1) is 0 Å². The summed E-state index contributed by atoms with van der Waals surface area (Å²) >= 11 is 5.99. The lowest BCUT2D eigenvalue weighted by molar-refractivity contribution is -0.154. The normalized spacial score (nSPS) is 19.4. The first-order chi connectivity index (χ1) is 13.3. The van der Waals surface area contributed by atoms with Gasteiger partial charge in [-0.1, -0.05) is 29.8 Å². The summed E-state index contributed by atoms with van der Waals surface area (Å²) in [4.78, 5) is 16.2. The van der Waals surface area contributed by atoms with Crippen molar-refractivity contribution in [3.63, 3.8) is 0 Å². The SMILES string of the molecule is O=C(NCc1cccnc1OCC(F)(F)F)C1CC(c2cccc(Cl)c2)NN1. The summed E-state index contributed by atoms with van der Waals surface area (Å²) in [6.07, 6.45) is -2.64. The molecule has 1 aromatic heterocycles. The second kappa shape index (κ2) is 8.76. The number of hydrogen-bond acceptors (Lipinski definition) is 5. The number of nitrogens with zero attached hydrogens (tertiary/aromatic N) is 1. The maximum atomic E-state index is 12.4. The summed E-state index contributed by atoms with van der Waals surface area (Å²) in [6, 6.07) is 9.85. The minimum atomic E-state index is -4.47. The van der Waals surface area contributed by atoms with Crippen LogP contribution in [0.25, 0.3) is 0 Å². The van der Waals surface area contributed by atoms with Crippen LogP contribution >= 0.6 is 11.6 Å². The monoisotopic (exact) mass is 414 g/mol. The highest BCUT2D eigenvalue weighted by Crippen LogP contribution is 2.25. The van der Waals surface area contributed by atoms with Crippen molar-refractivity contribution in [3.8, 4) is 5.88 Å². The second-order valence-electron chi connectivity index (χ2n) is 6.27. The number of nitrogens with one attached hydrogen (secondary N) is 3. The van der Waals surface area contributed by atoms with Gasteiger partial charge in [-0.25, -0.2) is 15.8 Å². The smallest absolute Gasteiger partial charge is 0.422 e. The Bertz CT molecular complexity index is 834. The molecular formula is C18H18ClF3N4O2. The average molecular weight is 415 g/mol. The second-order valence-corrected chi connectivity index (χ2v) is 6.71. The quantitative estimate of drug-likeness (QED) is 0.677. The van der Waals surface area contributed by atoms with Crippen LogP contribution in [0.1, 0.15) is 23.6 Å². The zero-order chi connectivity index (χ0) is 20.1. The molecule has 1 aliphatic heterocycles. The van der Waals surface area contributed by atoms with E-state index in [1.54, 1.807) is 18.2 Å². The van der Waals surface area contributed by atoms with Crippen molar-refractivity contribution in [2.75, 3.05) is 6.61 Å². The van der Waals surface area contributed by atoms with Gasteiger partial charge in [0.1, 0.15) is 6.04 Å². The van der Waals surface area contributed by atoms with Crippen LogP contribution in [0.4, 0.5) is 13.2 Å². The molecule has 3 rings (SSSR count). The highest BCUT2D eigenvalue weighted by atomic mass is 35.5. The Morgan fingerprint density at radius 1 is 1.29 bits per heavy atom. The molecule has 1 saturated heterocycles. The molecule has 1 amide bonds. The first-order valence-electron chi connectivity index (χ1n) is 8.49. The van der Waals surface area contributed by atoms with Crippen LogP contribution in [0, 0.1) is 0 Å². The van der Waals surface area contributed by atoms with E-state index in [4.69, 9.17) is 16.3 Å². The summed E-state index contributed by atoms with van der Waals surface area (Å²) in [5, 5.41) is 3.30. The Labute approximate surface area is 164 Å². The number of rotatable bonds is 6. The van der Waals surface area contributed by atoms with Gasteiger partial charge in [0.25, 0.3) is 0 Å². The third-order valence-corrected chi connectivity index (χ3v) is 4.38. The summed E-state index contributed by atoms with van der Waals surface area (Å²) in [6.45, 7) is -1.44. The molecule has 2 atom stereocenters. The van der Waals surface area contributed by atoms with Crippen LogP contribution < -0.4 is 20.9 Å². The van der Waals surface area contributed by atoms with Gasteiger partial charge in [-0.05, 0) is 30.2 Å². The van der Waals surface area contributed by atoms with Gasteiger partial charge in [0.15, 0.2) is 6.61 Å². The molecule has 2 aromatic rings. The molecule has 0 aliphatic carbocycles. The molecule has 2 unspecified atom stereocenters. The summed E-state index contributed by atoms with van der Waals surface area (Å²) in [5.41, 5.74) is 7.27. The first kappa shape index (κ1) is 20.4. The van der Waals surface area contributed by atoms with Gasteiger partial charge in [0.2, 0.25) is 11.8 Å². The van der Waals surface area contributed by atoms with Crippen LogP contribution in [-0.2, 0) is 11.3 Å². The molecule has 6 nitrogen and oxygen atoms in total. The van der Waals surface area contributed by atoms with Crippen LogP contribution in [-0.4, -0.2) is 29.7 Å². The van der Waals surface area contributed by atoms with E-state index in [1.165, 1.54) is 6.20 Å². The molecule has 28 heavy (non-hydrogen) atoms. The van der Waals surface area contributed by atoms with Crippen LogP contribution in [0.15, 0.2) is 42.6 Å². The topological polar surface area (TPSA) is 75.3 Å². The number of amides is 1. The molecule has 1 fully saturated rings. The minimum absolute atomic E-state index is 0.000123. The number of hydrazine groups is 1. The van der Waals surface area contributed by atoms with Gasteiger partial charge in [-0.3, -0.25) is 4.79 Å². The van der Waals surface area contributed by atoms with E-state index >= 15 is 0 Å². The fourth-order valence-electron chi connectivity index (χ4n) is 2.81. The van der Waals surface area contributed by atoms with Crippen LogP contribution in [0.5, 0.6) is 5.88 Å². The summed E-state index contributed by atoms with van der Waals surface area (Å²) in [5.74, 6) is -0.447. The lowest BCUT2D eigenvalue weighted by Gasteiger charge is -2.14. The summed E-state index contributed by atoms with van der Waals surface area (Å²) < 4.78 is 41.8. The molecule has 0 bridgehead atoms. The highest BCUT2D eigenvalue weighted by molar-refractivity contribution is 6.30. The van der Waals surface area contributed by atoms with E-state index in [9.17, 15) is 18.0 Å². The van der Waals surface area contributed by atoms with E-state index in [0.29, 0.717) is 17.0 Å². The number of halogens is 4. The number of aromatic nitrogens is 1. The number of pyridine rings is 1. The lowest BCUT2D eigenvalue weighted by atomic mass is 10.0. The van der Waals surface area contributed by atoms with Gasteiger partial charge >= 0.3 is 6.18 Å². The molecule has 150 valence electrons. The molecule has 1 aromatic carbocycles. The molecule has 0 saturated carbocycles. The van der Waals surface area contributed by atoms with Crippen molar-refractivity contribution in [2.45, 2.75) is 31.2 Å². The first-order valence-corrected chi connectivity index (χ1v) is 8.87. The molecule has 2 heterocycles. The Morgan fingerprint density at radius 3 is 2.86 bits per heavy atom. The Morgan fingerprint density at radius 2 is 2.11 bits per heavy atom. The highest BCUT2D eigenvalue weighted by Gasteiger charge is 2.31. The Kier molecular flexibility index (Phi) is 6.38. The van der Waals surface area contributed by atoms with E-state index < -0.39 is 18.8 Å². The van der Waals surface area contributed by atoms with Crippen molar-refractivity contribution >= 4 is 17.5 Å². The van der Waals surface area contributed by atoms with E-state index in [0.717, 1.165) is 5.56 Å². The van der Waals surface area contributed by atoms with Crippen molar-refractivity contribution in [1.29, 1.82) is 0 Å². The fourth-order valence-corrected chi connectivity index (χ4v) is 3.01. The van der Waals surface area contributed by atoms with Gasteiger partial charge in [0, 0.05) is 29.4 Å². The van der Waals surface area contributed by atoms with Crippen molar-refractivity contribution in [2.24, 2.45) is 0 Å². The standard InChI is InChI=1S/C18H18ClF3N4O2/c19-13-5-1-3-11(7-13)14-8-15(26-25-14)16(27)24-9-12-4-2-6-23-17(12)28-10-18(20,21)22/h1-7,14-15,25-26H,8-10H2,(H,24,27). The molecule has 0 spiro atoms. The van der Waals surface area contributed by atoms with Crippen LogP contribution in [0.2, 0.25) is 5.02 Å².